The van der Waals surface area contributed by atoms with E-state index in [9.17, 15) is 23.3 Å². The molecule has 0 radical (unpaired) electrons. The van der Waals surface area contributed by atoms with E-state index < -0.39 is 15.0 Å². The van der Waals surface area contributed by atoms with Crippen molar-refractivity contribution in [1.82, 2.24) is 9.36 Å². The molecule has 1 aromatic heterocycles. The van der Waals surface area contributed by atoms with E-state index >= 15 is 0 Å². The molecule has 4 rings (SSSR count). The van der Waals surface area contributed by atoms with E-state index in [1.165, 1.54) is 42.1 Å². The smallest absolute Gasteiger partial charge is 0.339 e. The van der Waals surface area contributed by atoms with Crippen LogP contribution in [0.15, 0.2) is 87.5 Å². The number of benzene rings is 3. The van der Waals surface area contributed by atoms with Gasteiger partial charge in [0, 0.05) is 24.9 Å². The number of rotatable bonds is 7. The summed E-state index contributed by atoms with van der Waals surface area (Å²) >= 11 is 0. The van der Waals surface area contributed by atoms with Crippen molar-refractivity contribution in [1.29, 1.82) is 0 Å². The van der Waals surface area contributed by atoms with Crippen molar-refractivity contribution in [2.24, 2.45) is 12.0 Å². The minimum Gasteiger partial charge on any atom is -0.379 e. The third kappa shape index (κ3) is 4.82. The van der Waals surface area contributed by atoms with Crippen molar-refractivity contribution in [2.45, 2.75) is 18.7 Å². The van der Waals surface area contributed by atoms with Gasteiger partial charge in [-0.1, -0.05) is 24.3 Å². The average Bonchev–Trinajstić information content (AvgIpc) is 3.06. The van der Waals surface area contributed by atoms with Crippen LogP contribution in [0.4, 0.5) is 11.4 Å². The van der Waals surface area contributed by atoms with E-state index in [0.717, 1.165) is 11.8 Å². The van der Waals surface area contributed by atoms with Crippen LogP contribution < -0.4 is 9.74 Å². The van der Waals surface area contributed by atoms with Gasteiger partial charge in [0.1, 0.15) is 10.6 Å². The van der Waals surface area contributed by atoms with Crippen molar-refractivity contribution in [3.05, 3.63) is 110 Å². The first-order valence-corrected chi connectivity index (χ1v) is 12.2. The Morgan fingerprint density at radius 3 is 2.31 bits per heavy atom. The van der Waals surface area contributed by atoms with Crippen LogP contribution in [0, 0.1) is 24.0 Å². The first-order valence-electron chi connectivity index (χ1n) is 10.8. The van der Waals surface area contributed by atoms with Crippen LogP contribution in [0.1, 0.15) is 16.8 Å². The van der Waals surface area contributed by atoms with Crippen LogP contribution in [0.25, 0.3) is 5.69 Å². The van der Waals surface area contributed by atoms with Crippen LogP contribution in [-0.4, -0.2) is 28.9 Å². The summed E-state index contributed by atoms with van der Waals surface area (Å²) in [7, 11) is -2.50. The standard InChI is InChI=1S/C25H22N4O6S/c1-17-9-14-22(15-23(17)29(31)32)36(33,34)35-21-12-10-19(11-13-21)16-26-24-18(2)27(3)28(25(24)30)20-7-5-4-6-8-20/h4-16H,1-3H3. The zero-order chi connectivity index (χ0) is 26.0. The van der Waals surface area contributed by atoms with Gasteiger partial charge >= 0.3 is 10.1 Å². The van der Waals surface area contributed by atoms with Gasteiger partial charge in [0.05, 0.1) is 16.3 Å². The Balaban J connectivity index is 1.55. The first kappa shape index (κ1) is 24.6. The summed E-state index contributed by atoms with van der Waals surface area (Å²) in [5.41, 5.74) is 2.05. The van der Waals surface area contributed by atoms with Crippen LogP contribution in [0.3, 0.4) is 0 Å². The summed E-state index contributed by atoms with van der Waals surface area (Å²) in [6.07, 6.45) is 1.50. The van der Waals surface area contributed by atoms with E-state index in [2.05, 4.69) is 4.99 Å². The average molecular weight is 507 g/mol. The molecule has 0 aliphatic heterocycles. The van der Waals surface area contributed by atoms with Gasteiger partial charge < -0.3 is 4.18 Å². The van der Waals surface area contributed by atoms with Crippen molar-refractivity contribution >= 4 is 27.7 Å². The summed E-state index contributed by atoms with van der Waals surface area (Å²) in [4.78, 5) is 27.5. The number of aryl methyl sites for hydroxylation is 1. The second-order valence-electron chi connectivity index (χ2n) is 7.98. The zero-order valence-corrected chi connectivity index (χ0v) is 20.5. The van der Waals surface area contributed by atoms with Crippen LogP contribution >= 0.6 is 0 Å². The number of aromatic nitrogens is 2. The van der Waals surface area contributed by atoms with Gasteiger partial charge in [-0.25, -0.2) is 9.67 Å². The summed E-state index contributed by atoms with van der Waals surface area (Å²) in [6, 6.07) is 18.8. The molecule has 36 heavy (non-hydrogen) atoms. The number of aliphatic imine (C=N–C) groups is 1. The minimum absolute atomic E-state index is 0.0257. The van der Waals surface area contributed by atoms with Crippen molar-refractivity contribution < 1.29 is 17.5 Å². The molecule has 0 unspecified atom stereocenters. The Labute approximate surface area is 207 Å². The van der Waals surface area contributed by atoms with E-state index in [4.69, 9.17) is 4.18 Å². The Morgan fingerprint density at radius 1 is 1.00 bits per heavy atom. The molecule has 0 fully saturated rings. The van der Waals surface area contributed by atoms with Gasteiger partial charge in [-0.3, -0.25) is 19.6 Å². The van der Waals surface area contributed by atoms with Gasteiger partial charge in [0.2, 0.25) is 0 Å². The van der Waals surface area contributed by atoms with Crippen LogP contribution in [0.2, 0.25) is 0 Å². The quantitative estimate of drug-likeness (QED) is 0.160. The second-order valence-corrected chi connectivity index (χ2v) is 9.53. The number of para-hydroxylation sites is 1. The fraction of sp³-hybridized carbons (Fsp3) is 0.120. The molecular weight excluding hydrogens is 484 g/mol. The van der Waals surface area contributed by atoms with Gasteiger partial charge in [-0.05, 0) is 61.9 Å². The summed E-state index contributed by atoms with van der Waals surface area (Å²) in [6.45, 7) is 3.31. The third-order valence-electron chi connectivity index (χ3n) is 5.62. The number of hydrogen-bond donors (Lipinski definition) is 0. The lowest BCUT2D eigenvalue weighted by atomic mass is 10.2. The molecule has 1 heterocycles. The largest absolute Gasteiger partial charge is 0.379 e. The normalized spacial score (nSPS) is 11.6. The molecule has 0 atom stereocenters. The maximum absolute atomic E-state index is 13.0. The van der Waals surface area contributed by atoms with Crippen molar-refractivity contribution in [3.63, 3.8) is 0 Å². The molecule has 0 spiro atoms. The lowest BCUT2D eigenvalue weighted by Gasteiger charge is -2.08. The highest BCUT2D eigenvalue weighted by Crippen LogP contribution is 2.25. The second kappa shape index (κ2) is 9.62. The summed E-state index contributed by atoms with van der Waals surface area (Å²) in [5, 5.41) is 11.1. The number of hydrogen-bond acceptors (Lipinski definition) is 7. The summed E-state index contributed by atoms with van der Waals surface area (Å²) < 4.78 is 33.6. The number of nitro benzene ring substituents is 1. The highest BCUT2D eigenvalue weighted by molar-refractivity contribution is 7.87. The molecule has 0 aliphatic carbocycles. The van der Waals surface area contributed by atoms with Crippen LogP contribution in [-0.2, 0) is 17.2 Å². The Kier molecular flexibility index (Phi) is 6.58. The molecule has 0 N–H and O–H groups in total. The van der Waals surface area contributed by atoms with E-state index in [1.54, 1.807) is 30.8 Å². The minimum atomic E-state index is -4.28. The van der Waals surface area contributed by atoms with Crippen molar-refractivity contribution in [3.8, 4) is 11.4 Å². The highest BCUT2D eigenvalue weighted by atomic mass is 32.2. The zero-order valence-electron chi connectivity index (χ0n) is 19.7. The molecule has 4 aromatic rings. The molecule has 0 bridgehead atoms. The Morgan fingerprint density at radius 2 is 1.67 bits per heavy atom. The number of nitro groups is 1. The predicted molar refractivity (Wildman–Crippen MR) is 135 cm³/mol. The maximum atomic E-state index is 13.0. The fourth-order valence-corrected chi connectivity index (χ4v) is 4.52. The van der Waals surface area contributed by atoms with Gasteiger partial charge in [-0.15, -0.1) is 0 Å². The monoisotopic (exact) mass is 506 g/mol. The van der Waals surface area contributed by atoms with Gasteiger partial charge in [0.25, 0.3) is 11.2 Å². The molecule has 0 saturated carbocycles. The van der Waals surface area contributed by atoms with Crippen LogP contribution in [0.5, 0.6) is 5.75 Å². The third-order valence-corrected chi connectivity index (χ3v) is 6.86. The maximum Gasteiger partial charge on any atom is 0.339 e. The molecule has 0 aliphatic rings. The SMILES string of the molecule is Cc1ccc(S(=O)(=O)Oc2ccc(C=Nc3c(C)n(C)n(-c4ccccc4)c3=O)cc2)cc1[N+](=O)[O-]. The lowest BCUT2D eigenvalue weighted by Crippen LogP contribution is -2.19. The first-order chi connectivity index (χ1) is 17.1. The molecule has 184 valence electrons. The van der Waals surface area contributed by atoms with Gasteiger partial charge in [0.15, 0.2) is 5.69 Å². The Bertz CT molecular complexity index is 1640. The summed E-state index contributed by atoms with van der Waals surface area (Å²) in [5.74, 6) is 0.0257. The molecule has 3 aromatic carbocycles. The van der Waals surface area contributed by atoms with E-state index in [0.29, 0.717) is 16.8 Å². The molecule has 0 saturated heterocycles. The molecular formula is C25H22N4O6S. The number of nitrogens with zero attached hydrogens (tertiary/aromatic N) is 4. The van der Waals surface area contributed by atoms with Crippen molar-refractivity contribution in [2.75, 3.05) is 0 Å². The van der Waals surface area contributed by atoms with E-state index in [1.807, 2.05) is 30.3 Å². The Hall–Kier alpha value is -4.51. The van der Waals surface area contributed by atoms with Gasteiger partial charge in [-0.2, -0.15) is 8.42 Å². The predicted octanol–water partition coefficient (Wildman–Crippen LogP) is 4.22. The van der Waals surface area contributed by atoms with E-state index in [-0.39, 0.29) is 27.6 Å². The molecule has 10 nitrogen and oxygen atoms in total. The topological polar surface area (TPSA) is 126 Å². The molecule has 0 amide bonds. The highest BCUT2D eigenvalue weighted by Gasteiger charge is 2.22. The molecule has 11 heteroatoms. The fourth-order valence-electron chi connectivity index (χ4n) is 3.57. The lowest BCUT2D eigenvalue weighted by molar-refractivity contribution is -0.385.